The van der Waals surface area contributed by atoms with Crippen molar-refractivity contribution in [3.8, 4) is 0 Å². The Kier molecular flexibility index (Phi) is 4.42. The molecule has 0 aliphatic heterocycles. The molecule has 21 heavy (non-hydrogen) atoms. The fraction of sp³-hybridized carbons (Fsp3) is 0.357. The number of amides is 2. The van der Waals surface area contributed by atoms with Crippen LogP contribution in [0.5, 0.6) is 0 Å². The fourth-order valence-corrected chi connectivity index (χ4v) is 3.21. The SMILES string of the molecule is CCNC(=O)CN(C)C(=O)c1sc2nccc(C)c2c1N. The van der Waals surface area contributed by atoms with Crippen molar-refractivity contribution in [3.05, 3.63) is 22.7 Å². The van der Waals surface area contributed by atoms with Crippen LogP contribution in [-0.2, 0) is 4.79 Å². The number of carbonyl (C=O) groups excluding carboxylic acids is 2. The van der Waals surface area contributed by atoms with Crippen molar-refractivity contribution in [2.45, 2.75) is 13.8 Å². The van der Waals surface area contributed by atoms with Gasteiger partial charge in [-0.1, -0.05) is 0 Å². The predicted octanol–water partition coefficient (Wildman–Crippen LogP) is 1.40. The summed E-state index contributed by atoms with van der Waals surface area (Å²) in [6.07, 6.45) is 1.69. The van der Waals surface area contributed by atoms with Gasteiger partial charge in [0.2, 0.25) is 5.91 Å². The van der Waals surface area contributed by atoms with E-state index < -0.39 is 0 Å². The second-order valence-corrected chi connectivity index (χ2v) is 5.77. The van der Waals surface area contributed by atoms with Crippen molar-refractivity contribution < 1.29 is 9.59 Å². The van der Waals surface area contributed by atoms with Gasteiger partial charge in [0.05, 0.1) is 12.2 Å². The number of hydrogen-bond acceptors (Lipinski definition) is 5. The minimum Gasteiger partial charge on any atom is -0.397 e. The zero-order valence-corrected chi connectivity index (χ0v) is 13.1. The number of rotatable bonds is 4. The van der Waals surface area contributed by atoms with E-state index in [9.17, 15) is 9.59 Å². The van der Waals surface area contributed by atoms with Gasteiger partial charge in [-0.3, -0.25) is 9.59 Å². The van der Waals surface area contributed by atoms with Crippen LogP contribution in [0.1, 0.15) is 22.2 Å². The summed E-state index contributed by atoms with van der Waals surface area (Å²) in [6, 6.07) is 1.86. The van der Waals surface area contributed by atoms with Crippen molar-refractivity contribution in [1.29, 1.82) is 0 Å². The highest BCUT2D eigenvalue weighted by molar-refractivity contribution is 7.21. The molecular formula is C14H18N4O2S. The molecule has 0 aromatic carbocycles. The number of nitrogens with zero attached hydrogens (tertiary/aromatic N) is 2. The van der Waals surface area contributed by atoms with Gasteiger partial charge in [0, 0.05) is 25.2 Å². The summed E-state index contributed by atoms with van der Waals surface area (Å²) in [5.41, 5.74) is 7.51. The number of likely N-dealkylation sites (N-methyl/N-ethyl adjacent to an activating group) is 2. The Morgan fingerprint density at radius 3 is 2.81 bits per heavy atom. The highest BCUT2D eigenvalue weighted by Gasteiger charge is 2.22. The lowest BCUT2D eigenvalue weighted by atomic mass is 10.1. The van der Waals surface area contributed by atoms with Crippen molar-refractivity contribution in [2.24, 2.45) is 0 Å². The van der Waals surface area contributed by atoms with Crippen LogP contribution < -0.4 is 11.1 Å². The molecule has 112 valence electrons. The topological polar surface area (TPSA) is 88.3 Å². The number of fused-ring (bicyclic) bond motifs is 1. The number of anilines is 1. The van der Waals surface area contributed by atoms with Gasteiger partial charge >= 0.3 is 0 Å². The average Bonchev–Trinajstić information content (AvgIpc) is 2.76. The molecule has 2 rings (SSSR count). The molecule has 0 saturated heterocycles. The lowest BCUT2D eigenvalue weighted by Gasteiger charge is -2.15. The molecule has 2 amide bonds. The third-order valence-electron chi connectivity index (χ3n) is 3.13. The van der Waals surface area contributed by atoms with E-state index in [0.29, 0.717) is 17.1 Å². The molecule has 0 atom stereocenters. The lowest BCUT2D eigenvalue weighted by molar-refractivity contribution is -0.121. The number of nitrogen functional groups attached to an aromatic ring is 1. The molecule has 7 heteroatoms. The molecule has 2 aromatic rings. The van der Waals surface area contributed by atoms with E-state index in [0.717, 1.165) is 15.8 Å². The standard InChI is InChI=1S/C14H18N4O2S/c1-4-16-9(19)7-18(3)14(20)12-11(15)10-8(2)5-6-17-13(10)21-12/h5-6H,4,7,15H2,1-3H3,(H,16,19). The van der Waals surface area contributed by atoms with E-state index >= 15 is 0 Å². The summed E-state index contributed by atoms with van der Waals surface area (Å²) in [6.45, 7) is 4.31. The van der Waals surface area contributed by atoms with Crippen LogP contribution in [0.3, 0.4) is 0 Å². The highest BCUT2D eigenvalue weighted by Crippen LogP contribution is 2.34. The number of pyridine rings is 1. The first-order chi connectivity index (χ1) is 9.95. The van der Waals surface area contributed by atoms with Crippen LogP contribution in [0.25, 0.3) is 10.2 Å². The normalized spacial score (nSPS) is 10.6. The van der Waals surface area contributed by atoms with Crippen molar-refractivity contribution in [2.75, 3.05) is 25.9 Å². The van der Waals surface area contributed by atoms with Crippen LogP contribution in [0.15, 0.2) is 12.3 Å². The summed E-state index contributed by atoms with van der Waals surface area (Å²) in [5.74, 6) is -0.455. The maximum Gasteiger partial charge on any atom is 0.266 e. The minimum absolute atomic E-state index is 0.00672. The second kappa shape index (κ2) is 6.09. The van der Waals surface area contributed by atoms with Gasteiger partial charge in [-0.15, -0.1) is 11.3 Å². The Balaban J connectivity index is 2.29. The third kappa shape index (κ3) is 2.97. The molecule has 0 fully saturated rings. The van der Waals surface area contributed by atoms with Gasteiger partial charge in [-0.25, -0.2) is 4.98 Å². The van der Waals surface area contributed by atoms with Crippen molar-refractivity contribution in [3.63, 3.8) is 0 Å². The molecule has 0 spiro atoms. The first kappa shape index (κ1) is 15.2. The number of carbonyl (C=O) groups is 2. The number of thiophene rings is 1. The van der Waals surface area contributed by atoms with Crippen LogP contribution >= 0.6 is 11.3 Å². The highest BCUT2D eigenvalue weighted by atomic mass is 32.1. The maximum absolute atomic E-state index is 12.4. The van der Waals surface area contributed by atoms with Crippen LogP contribution in [0.4, 0.5) is 5.69 Å². The number of aromatic nitrogens is 1. The first-order valence-electron chi connectivity index (χ1n) is 6.61. The predicted molar refractivity (Wildman–Crippen MR) is 84.4 cm³/mol. The Bertz CT molecular complexity index is 696. The number of aryl methyl sites for hydroxylation is 1. The molecule has 0 bridgehead atoms. The van der Waals surface area contributed by atoms with Gasteiger partial charge in [0.15, 0.2) is 0 Å². The molecule has 6 nitrogen and oxygen atoms in total. The Morgan fingerprint density at radius 2 is 2.19 bits per heavy atom. The summed E-state index contributed by atoms with van der Waals surface area (Å²) in [4.78, 5) is 30.8. The van der Waals surface area contributed by atoms with Crippen molar-refractivity contribution >= 4 is 39.1 Å². The van der Waals surface area contributed by atoms with Crippen LogP contribution in [0, 0.1) is 6.92 Å². The Morgan fingerprint density at radius 1 is 1.48 bits per heavy atom. The van der Waals surface area contributed by atoms with Gasteiger partial charge in [0.25, 0.3) is 5.91 Å². The molecule has 2 heterocycles. The molecule has 0 aliphatic carbocycles. The van der Waals surface area contributed by atoms with Crippen LogP contribution in [0.2, 0.25) is 0 Å². The molecule has 0 saturated carbocycles. The zero-order valence-electron chi connectivity index (χ0n) is 12.3. The monoisotopic (exact) mass is 306 g/mol. The first-order valence-corrected chi connectivity index (χ1v) is 7.43. The van der Waals surface area contributed by atoms with E-state index in [1.54, 1.807) is 13.2 Å². The molecule has 0 unspecified atom stereocenters. The van der Waals surface area contributed by atoms with Gasteiger partial charge in [0.1, 0.15) is 9.71 Å². The van der Waals surface area contributed by atoms with Gasteiger partial charge in [-0.2, -0.15) is 0 Å². The lowest BCUT2D eigenvalue weighted by Crippen LogP contribution is -2.38. The van der Waals surface area contributed by atoms with Gasteiger partial charge in [-0.05, 0) is 25.5 Å². The summed E-state index contributed by atoms with van der Waals surface area (Å²) in [7, 11) is 1.59. The molecule has 0 aliphatic rings. The van der Waals surface area contributed by atoms with Crippen molar-refractivity contribution in [1.82, 2.24) is 15.2 Å². The second-order valence-electron chi connectivity index (χ2n) is 4.77. The van der Waals surface area contributed by atoms with Gasteiger partial charge < -0.3 is 16.0 Å². The van der Waals surface area contributed by atoms with E-state index in [1.165, 1.54) is 16.2 Å². The quantitative estimate of drug-likeness (QED) is 0.893. The maximum atomic E-state index is 12.4. The molecule has 0 radical (unpaired) electrons. The molecule has 3 N–H and O–H groups in total. The summed E-state index contributed by atoms with van der Waals surface area (Å²) >= 11 is 1.26. The summed E-state index contributed by atoms with van der Waals surface area (Å²) in [5, 5.41) is 3.48. The van der Waals surface area contributed by atoms with E-state index in [2.05, 4.69) is 10.3 Å². The third-order valence-corrected chi connectivity index (χ3v) is 4.23. The zero-order chi connectivity index (χ0) is 15.6. The average molecular weight is 306 g/mol. The molecule has 2 aromatic heterocycles. The summed E-state index contributed by atoms with van der Waals surface area (Å²) < 4.78 is 0. The van der Waals surface area contributed by atoms with E-state index in [-0.39, 0.29) is 18.4 Å². The number of hydrogen-bond donors (Lipinski definition) is 2. The Labute approximate surface area is 127 Å². The van der Waals surface area contributed by atoms with Crippen LogP contribution in [-0.4, -0.2) is 41.8 Å². The Hall–Kier alpha value is -2.15. The van der Waals surface area contributed by atoms with E-state index in [1.807, 2.05) is 19.9 Å². The smallest absolute Gasteiger partial charge is 0.266 e. The van der Waals surface area contributed by atoms with E-state index in [4.69, 9.17) is 5.73 Å². The number of nitrogens with one attached hydrogen (secondary N) is 1. The molecular weight excluding hydrogens is 288 g/mol. The minimum atomic E-state index is -0.263. The largest absolute Gasteiger partial charge is 0.397 e. The fourth-order valence-electron chi connectivity index (χ4n) is 2.08. The number of nitrogens with two attached hydrogens (primary N) is 1.